The second kappa shape index (κ2) is 10.8. The molecule has 2 aromatic heterocycles. The molecule has 3 aromatic carbocycles. The molecule has 7 heteroatoms. The summed E-state index contributed by atoms with van der Waals surface area (Å²) in [6, 6.07) is 26.6. The van der Waals surface area contributed by atoms with Crippen molar-refractivity contribution in [1.82, 2.24) is 29.8 Å². The van der Waals surface area contributed by atoms with Crippen LogP contribution in [0.4, 0.5) is 0 Å². The van der Waals surface area contributed by atoms with Gasteiger partial charge in [0, 0.05) is 24.0 Å². The van der Waals surface area contributed by atoms with Crippen molar-refractivity contribution in [2.75, 3.05) is 0 Å². The molecule has 7 nitrogen and oxygen atoms in total. The van der Waals surface area contributed by atoms with E-state index in [4.69, 9.17) is 0 Å². The summed E-state index contributed by atoms with van der Waals surface area (Å²) in [4.78, 5) is 13.3. The molecule has 0 radical (unpaired) electrons. The molecule has 5 rings (SSSR count). The van der Waals surface area contributed by atoms with Gasteiger partial charge in [-0.05, 0) is 46.7 Å². The molecule has 0 aliphatic carbocycles. The van der Waals surface area contributed by atoms with Crippen LogP contribution < -0.4 is 5.69 Å². The quantitative estimate of drug-likeness (QED) is 0.291. The van der Waals surface area contributed by atoms with E-state index in [1.54, 1.807) is 0 Å². The highest BCUT2D eigenvalue weighted by molar-refractivity contribution is 5.80. The number of tetrazole rings is 1. The fourth-order valence-electron chi connectivity index (χ4n) is 4.43. The Morgan fingerprint density at radius 3 is 2.33 bits per heavy atom. The van der Waals surface area contributed by atoms with Crippen molar-refractivity contribution in [2.24, 2.45) is 0 Å². The van der Waals surface area contributed by atoms with Crippen LogP contribution in [-0.4, -0.2) is 29.8 Å². The van der Waals surface area contributed by atoms with Gasteiger partial charge in [0.2, 0.25) is 5.82 Å². The molecule has 0 saturated carbocycles. The maximum absolute atomic E-state index is 13.3. The van der Waals surface area contributed by atoms with E-state index in [9.17, 15) is 4.79 Å². The summed E-state index contributed by atoms with van der Waals surface area (Å²) >= 11 is 0. The van der Waals surface area contributed by atoms with Gasteiger partial charge in [-0.15, -0.1) is 16.8 Å². The summed E-state index contributed by atoms with van der Waals surface area (Å²) in [5, 5.41) is 14.5. The SMILES string of the molecule is C=CCCc1cn(CCc2ccccc2)c(=O)n1Cc1ccc(-c2ccccc2-c2nn[nH]n2)cc1. The number of hydrogen-bond donors (Lipinski definition) is 1. The molecule has 0 aliphatic heterocycles. The number of aryl methyl sites for hydroxylation is 3. The van der Waals surface area contributed by atoms with Gasteiger partial charge in [-0.1, -0.05) is 84.9 Å². The van der Waals surface area contributed by atoms with Crippen LogP contribution in [0.25, 0.3) is 22.5 Å². The maximum atomic E-state index is 13.3. The third-order valence-corrected chi connectivity index (χ3v) is 6.34. The van der Waals surface area contributed by atoms with E-state index >= 15 is 0 Å². The van der Waals surface area contributed by atoms with Crippen LogP contribution in [0.2, 0.25) is 0 Å². The Hall–Kier alpha value is -4.52. The van der Waals surface area contributed by atoms with Gasteiger partial charge >= 0.3 is 5.69 Å². The van der Waals surface area contributed by atoms with Crippen LogP contribution in [0.5, 0.6) is 0 Å². The van der Waals surface area contributed by atoms with Gasteiger partial charge in [-0.2, -0.15) is 5.21 Å². The highest BCUT2D eigenvalue weighted by Crippen LogP contribution is 2.29. The van der Waals surface area contributed by atoms with Crippen molar-refractivity contribution in [1.29, 1.82) is 0 Å². The van der Waals surface area contributed by atoms with E-state index < -0.39 is 0 Å². The highest BCUT2D eigenvalue weighted by Gasteiger charge is 2.13. The number of nitrogens with zero attached hydrogens (tertiary/aromatic N) is 5. The molecule has 0 fully saturated rings. The minimum Gasteiger partial charge on any atom is -0.299 e. The lowest BCUT2D eigenvalue weighted by Crippen LogP contribution is -2.26. The lowest BCUT2D eigenvalue weighted by atomic mass is 9.98. The van der Waals surface area contributed by atoms with Crippen LogP contribution in [0.3, 0.4) is 0 Å². The van der Waals surface area contributed by atoms with Crippen LogP contribution in [0.1, 0.15) is 23.2 Å². The van der Waals surface area contributed by atoms with Gasteiger partial charge in [0.25, 0.3) is 0 Å². The van der Waals surface area contributed by atoms with Crippen LogP contribution in [-0.2, 0) is 25.9 Å². The molecule has 0 atom stereocenters. The van der Waals surface area contributed by atoms with Crippen molar-refractivity contribution >= 4 is 0 Å². The zero-order chi connectivity index (χ0) is 24.7. The number of hydrogen-bond acceptors (Lipinski definition) is 4. The van der Waals surface area contributed by atoms with E-state index in [1.807, 2.05) is 63.9 Å². The predicted molar refractivity (Wildman–Crippen MR) is 142 cm³/mol. The van der Waals surface area contributed by atoms with Crippen molar-refractivity contribution in [3.8, 4) is 22.5 Å². The molecule has 0 amide bonds. The van der Waals surface area contributed by atoms with Gasteiger partial charge < -0.3 is 0 Å². The van der Waals surface area contributed by atoms with Gasteiger partial charge in [0.15, 0.2) is 0 Å². The fourth-order valence-corrected chi connectivity index (χ4v) is 4.43. The summed E-state index contributed by atoms with van der Waals surface area (Å²) in [5.74, 6) is 0.560. The van der Waals surface area contributed by atoms with E-state index in [2.05, 4.69) is 63.6 Å². The molecule has 5 aromatic rings. The first kappa shape index (κ1) is 23.2. The zero-order valence-corrected chi connectivity index (χ0v) is 20.0. The molecule has 0 spiro atoms. The molecule has 180 valence electrons. The average molecular weight is 477 g/mol. The Bertz CT molecular complexity index is 1480. The molecule has 0 saturated heterocycles. The third-order valence-electron chi connectivity index (χ3n) is 6.34. The molecule has 0 unspecified atom stereocenters. The van der Waals surface area contributed by atoms with E-state index in [0.29, 0.717) is 18.9 Å². The summed E-state index contributed by atoms with van der Waals surface area (Å²) in [6.45, 7) is 5.03. The van der Waals surface area contributed by atoms with Gasteiger partial charge in [0.05, 0.1) is 6.54 Å². The monoisotopic (exact) mass is 476 g/mol. The number of imidazole rings is 1. The van der Waals surface area contributed by atoms with Crippen molar-refractivity contribution in [2.45, 2.75) is 32.4 Å². The summed E-state index contributed by atoms with van der Waals surface area (Å²) in [7, 11) is 0. The summed E-state index contributed by atoms with van der Waals surface area (Å²) in [6.07, 6.45) is 6.33. The Labute approximate surface area is 209 Å². The predicted octanol–water partition coefficient (Wildman–Crippen LogP) is 4.91. The molecule has 36 heavy (non-hydrogen) atoms. The molecule has 2 heterocycles. The minimum atomic E-state index is 0.0246. The maximum Gasteiger partial charge on any atom is 0.328 e. The van der Waals surface area contributed by atoms with Crippen molar-refractivity contribution in [3.63, 3.8) is 0 Å². The summed E-state index contributed by atoms with van der Waals surface area (Å²) < 4.78 is 3.72. The average Bonchev–Trinajstić information content (AvgIpc) is 3.56. The third kappa shape index (κ3) is 5.10. The van der Waals surface area contributed by atoms with Gasteiger partial charge in [-0.3, -0.25) is 9.13 Å². The Kier molecular flexibility index (Phi) is 6.98. The standard InChI is InChI=1S/C29H28N6O/c1-2-3-11-25-21-34(19-18-22-9-5-4-6-10-22)29(36)35(25)20-23-14-16-24(17-15-23)26-12-7-8-13-27(26)28-30-32-33-31-28/h2,4-10,12-17,21H,1,3,11,18-20H2,(H,30,31,32,33). The van der Waals surface area contributed by atoms with Gasteiger partial charge in [-0.25, -0.2) is 4.79 Å². The second-order valence-corrected chi connectivity index (χ2v) is 8.72. The number of H-pyrrole nitrogens is 1. The Morgan fingerprint density at radius 2 is 1.61 bits per heavy atom. The molecule has 0 bridgehead atoms. The number of allylic oxidation sites excluding steroid dienone is 1. The number of aromatic nitrogens is 6. The normalized spacial score (nSPS) is 11.0. The van der Waals surface area contributed by atoms with Crippen molar-refractivity contribution in [3.05, 3.63) is 125 Å². The van der Waals surface area contributed by atoms with E-state index in [-0.39, 0.29) is 5.69 Å². The lowest BCUT2D eigenvalue weighted by molar-refractivity contribution is 0.629. The van der Waals surface area contributed by atoms with Crippen LogP contribution in [0.15, 0.2) is 103 Å². The summed E-state index contributed by atoms with van der Waals surface area (Å²) in [5.41, 5.74) is 6.34. The van der Waals surface area contributed by atoms with Crippen LogP contribution >= 0.6 is 0 Å². The number of aromatic amines is 1. The molecule has 0 aliphatic rings. The molecular formula is C29H28N6O. The number of rotatable bonds is 10. The largest absolute Gasteiger partial charge is 0.328 e. The smallest absolute Gasteiger partial charge is 0.299 e. The van der Waals surface area contributed by atoms with Gasteiger partial charge in [0.1, 0.15) is 0 Å². The highest BCUT2D eigenvalue weighted by atomic mass is 16.1. The van der Waals surface area contributed by atoms with E-state index in [1.165, 1.54) is 5.56 Å². The van der Waals surface area contributed by atoms with Crippen molar-refractivity contribution < 1.29 is 0 Å². The topological polar surface area (TPSA) is 81.4 Å². The first-order chi connectivity index (χ1) is 17.7. The first-order valence-corrected chi connectivity index (χ1v) is 12.1. The van der Waals surface area contributed by atoms with Crippen LogP contribution in [0, 0.1) is 0 Å². The Balaban J connectivity index is 1.39. The molecule has 1 N–H and O–H groups in total. The molecular weight excluding hydrogens is 448 g/mol. The second-order valence-electron chi connectivity index (χ2n) is 8.72. The Morgan fingerprint density at radius 1 is 0.861 bits per heavy atom. The minimum absolute atomic E-state index is 0.0246. The lowest BCUT2D eigenvalue weighted by Gasteiger charge is -2.10. The number of benzene rings is 3. The zero-order valence-electron chi connectivity index (χ0n) is 20.0. The number of nitrogens with one attached hydrogen (secondary N) is 1. The fraction of sp³-hybridized carbons (Fsp3) is 0.172. The first-order valence-electron chi connectivity index (χ1n) is 12.1. The van der Waals surface area contributed by atoms with E-state index in [0.717, 1.165) is 47.2 Å².